The lowest BCUT2D eigenvalue weighted by Gasteiger charge is -2.12. The molecule has 2 amide bonds. The maximum Gasteiger partial charge on any atom is 0.265 e. The largest absolute Gasteiger partial charge is 0.484 e. The van der Waals surface area contributed by atoms with Gasteiger partial charge < -0.3 is 15.4 Å². The number of benzene rings is 3. The van der Waals surface area contributed by atoms with Gasteiger partial charge in [0.15, 0.2) is 6.61 Å². The Balaban J connectivity index is 1.52. The molecule has 1 heterocycles. The number of hydrogen-bond acceptors (Lipinski definition) is 5. The number of aryl methyl sites for hydroxylation is 1. The molecule has 0 bridgehead atoms. The molecular formula is C25H22N4O4. The van der Waals surface area contributed by atoms with Gasteiger partial charge in [-0.25, -0.2) is 4.98 Å². The van der Waals surface area contributed by atoms with Crippen molar-refractivity contribution in [2.45, 2.75) is 6.92 Å². The molecule has 0 aliphatic heterocycles. The van der Waals surface area contributed by atoms with Gasteiger partial charge in [-0.1, -0.05) is 18.2 Å². The molecule has 1 aromatic heterocycles. The van der Waals surface area contributed by atoms with E-state index in [2.05, 4.69) is 15.6 Å². The topological polar surface area (TPSA) is 102 Å². The number of hydrogen-bond donors (Lipinski definition) is 2. The number of carbonyl (C=O) groups is 2. The van der Waals surface area contributed by atoms with Crippen molar-refractivity contribution in [1.29, 1.82) is 0 Å². The predicted octanol–water partition coefficient (Wildman–Crippen LogP) is 3.07. The van der Waals surface area contributed by atoms with Crippen LogP contribution in [0.5, 0.6) is 5.75 Å². The first-order chi connectivity index (χ1) is 16.0. The third-order valence-electron chi connectivity index (χ3n) is 5.07. The van der Waals surface area contributed by atoms with Gasteiger partial charge in [0.05, 0.1) is 16.6 Å². The lowest BCUT2D eigenvalue weighted by molar-refractivity contribution is -0.122. The molecule has 0 atom stereocenters. The summed E-state index contributed by atoms with van der Waals surface area (Å²) in [7, 11) is 1.53. The summed E-state index contributed by atoms with van der Waals surface area (Å²) < 4.78 is 6.93. The number of anilines is 1. The quantitative estimate of drug-likeness (QED) is 0.478. The van der Waals surface area contributed by atoms with E-state index >= 15 is 0 Å². The molecule has 0 aliphatic rings. The third-order valence-corrected chi connectivity index (χ3v) is 5.07. The Morgan fingerprint density at radius 1 is 1.00 bits per heavy atom. The maximum atomic E-state index is 13.0. The minimum absolute atomic E-state index is 0.113. The van der Waals surface area contributed by atoms with Crippen LogP contribution >= 0.6 is 0 Å². The van der Waals surface area contributed by atoms with Crippen LogP contribution in [0.1, 0.15) is 16.2 Å². The number of nitrogens with one attached hydrogen (secondary N) is 2. The average molecular weight is 442 g/mol. The Hall–Kier alpha value is -4.46. The van der Waals surface area contributed by atoms with Crippen LogP contribution in [0.25, 0.3) is 16.6 Å². The van der Waals surface area contributed by atoms with Gasteiger partial charge in [0.1, 0.15) is 11.6 Å². The van der Waals surface area contributed by atoms with Crippen molar-refractivity contribution in [3.05, 3.63) is 94.5 Å². The number of ether oxygens (including phenoxy) is 1. The number of amides is 2. The fraction of sp³-hybridized carbons (Fsp3) is 0.120. The SMILES string of the molecule is CNC(=O)COc1cccc(NC(=O)c2ccc(-n3c(C)nc4ccccc4c3=O)cc2)c1. The van der Waals surface area contributed by atoms with Crippen LogP contribution in [-0.4, -0.2) is 35.0 Å². The van der Waals surface area contributed by atoms with E-state index < -0.39 is 0 Å². The molecule has 0 fully saturated rings. The molecule has 4 aromatic rings. The highest BCUT2D eigenvalue weighted by molar-refractivity contribution is 6.04. The van der Waals surface area contributed by atoms with Crippen LogP contribution in [0, 0.1) is 6.92 Å². The second-order valence-electron chi connectivity index (χ2n) is 7.31. The third kappa shape index (κ3) is 4.74. The molecule has 33 heavy (non-hydrogen) atoms. The normalized spacial score (nSPS) is 10.6. The first-order valence-electron chi connectivity index (χ1n) is 10.3. The van der Waals surface area contributed by atoms with Crippen molar-refractivity contribution in [1.82, 2.24) is 14.9 Å². The molecule has 0 aliphatic carbocycles. The van der Waals surface area contributed by atoms with Gasteiger partial charge in [0, 0.05) is 24.4 Å². The highest BCUT2D eigenvalue weighted by atomic mass is 16.5. The second-order valence-corrected chi connectivity index (χ2v) is 7.31. The zero-order valence-electron chi connectivity index (χ0n) is 18.2. The monoisotopic (exact) mass is 442 g/mol. The van der Waals surface area contributed by atoms with Crippen molar-refractivity contribution in [2.24, 2.45) is 0 Å². The standard InChI is InChI=1S/C25H22N4O4/c1-16-27-22-9-4-3-8-21(22)25(32)29(16)19-12-10-17(11-13-19)24(31)28-18-6-5-7-20(14-18)33-15-23(30)26-2/h3-14H,15H2,1-2H3,(H,26,30)(H,28,31). The number of likely N-dealkylation sites (N-methyl/N-ethyl adjacent to an activating group) is 1. The molecule has 4 rings (SSSR count). The number of carbonyl (C=O) groups excluding carboxylic acids is 2. The number of fused-ring (bicyclic) bond motifs is 1. The molecule has 0 spiro atoms. The summed E-state index contributed by atoms with van der Waals surface area (Å²) >= 11 is 0. The lowest BCUT2D eigenvalue weighted by Crippen LogP contribution is -2.24. The number of para-hydroxylation sites is 1. The van der Waals surface area contributed by atoms with E-state index in [9.17, 15) is 14.4 Å². The summed E-state index contributed by atoms with van der Waals surface area (Å²) in [6.07, 6.45) is 0. The summed E-state index contributed by atoms with van der Waals surface area (Å²) in [4.78, 5) is 41.5. The minimum Gasteiger partial charge on any atom is -0.484 e. The van der Waals surface area contributed by atoms with E-state index in [1.807, 2.05) is 6.07 Å². The summed E-state index contributed by atoms with van der Waals surface area (Å²) in [6.45, 7) is 1.66. The van der Waals surface area contributed by atoms with E-state index in [-0.39, 0.29) is 24.0 Å². The summed E-state index contributed by atoms with van der Waals surface area (Å²) in [5.74, 6) is 0.459. The molecule has 8 heteroatoms. The van der Waals surface area contributed by atoms with Gasteiger partial charge in [-0.15, -0.1) is 0 Å². The first-order valence-corrected chi connectivity index (χ1v) is 10.3. The molecular weight excluding hydrogens is 420 g/mol. The van der Waals surface area contributed by atoms with E-state index in [1.54, 1.807) is 73.7 Å². The summed E-state index contributed by atoms with van der Waals surface area (Å²) in [6, 6.07) is 20.7. The van der Waals surface area contributed by atoms with E-state index in [0.29, 0.717) is 39.4 Å². The summed E-state index contributed by atoms with van der Waals surface area (Å²) in [5, 5.41) is 5.81. The molecule has 3 aromatic carbocycles. The zero-order valence-corrected chi connectivity index (χ0v) is 18.2. The smallest absolute Gasteiger partial charge is 0.265 e. The molecule has 0 unspecified atom stereocenters. The van der Waals surface area contributed by atoms with Gasteiger partial charge >= 0.3 is 0 Å². The highest BCUT2D eigenvalue weighted by Crippen LogP contribution is 2.19. The van der Waals surface area contributed by atoms with Crippen molar-refractivity contribution >= 4 is 28.4 Å². The van der Waals surface area contributed by atoms with Crippen molar-refractivity contribution < 1.29 is 14.3 Å². The van der Waals surface area contributed by atoms with Crippen LogP contribution in [-0.2, 0) is 4.79 Å². The molecule has 8 nitrogen and oxygen atoms in total. The second kappa shape index (κ2) is 9.35. The fourth-order valence-corrected chi connectivity index (χ4v) is 3.40. The van der Waals surface area contributed by atoms with Crippen LogP contribution < -0.4 is 20.9 Å². The van der Waals surface area contributed by atoms with Crippen molar-refractivity contribution in [3.8, 4) is 11.4 Å². The van der Waals surface area contributed by atoms with Gasteiger partial charge in [-0.2, -0.15) is 0 Å². The highest BCUT2D eigenvalue weighted by Gasteiger charge is 2.12. The molecule has 0 saturated carbocycles. The fourth-order valence-electron chi connectivity index (χ4n) is 3.40. The van der Waals surface area contributed by atoms with Crippen molar-refractivity contribution in [2.75, 3.05) is 19.0 Å². The molecule has 2 N–H and O–H groups in total. The van der Waals surface area contributed by atoms with Crippen molar-refractivity contribution in [3.63, 3.8) is 0 Å². The number of aromatic nitrogens is 2. The van der Waals surface area contributed by atoms with E-state index in [0.717, 1.165) is 0 Å². The number of nitrogens with zero attached hydrogens (tertiary/aromatic N) is 2. The van der Waals surface area contributed by atoms with E-state index in [4.69, 9.17) is 4.74 Å². The van der Waals surface area contributed by atoms with Gasteiger partial charge in [0.25, 0.3) is 17.4 Å². The molecule has 0 saturated heterocycles. The molecule has 166 valence electrons. The Bertz CT molecular complexity index is 1390. The Kier molecular flexibility index (Phi) is 6.17. The van der Waals surface area contributed by atoms with Gasteiger partial charge in [0.2, 0.25) is 0 Å². The van der Waals surface area contributed by atoms with E-state index in [1.165, 1.54) is 11.6 Å². The van der Waals surface area contributed by atoms with Crippen LogP contribution in [0.3, 0.4) is 0 Å². The first kappa shape index (κ1) is 21.8. The Morgan fingerprint density at radius 3 is 2.52 bits per heavy atom. The van der Waals surface area contributed by atoms with Gasteiger partial charge in [-0.05, 0) is 55.5 Å². The van der Waals surface area contributed by atoms with Crippen LogP contribution in [0.15, 0.2) is 77.6 Å². The Labute approximate surface area is 189 Å². The summed E-state index contributed by atoms with van der Waals surface area (Å²) in [5.41, 5.74) is 2.06. The average Bonchev–Trinajstić information content (AvgIpc) is 2.83. The number of rotatable bonds is 6. The van der Waals surface area contributed by atoms with Crippen LogP contribution in [0.4, 0.5) is 5.69 Å². The predicted molar refractivity (Wildman–Crippen MR) is 126 cm³/mol. The zero-order chi connectivity index (χ0) is 23.4. The lowest BCUT2D eigenvalue weighted by atomic mass is 10.1. The van der Waals surface area contributed by atoms with Gasteiger partial charge in [-0.3, -0.25) is 19.0 Å². The molecule has 0 radical (unpaired) electrons. The Morgan fingerprint density at radius 2 is 1.76 bits per heavy atom. The van der Waals surface area contributed by atoms with Crippen LogP contribution in [0.2, 0.25) is 0 Å². The maximum absolute atomic E-state index is 13.0. The minimum atomic E-state index is -0.314.